The Morgan fingerprint density at radius 3 is 2.40 bits per heavy atom. The molecule has 3 N–H and O–H groups in total. The van der Waals surface area contributed by atoms with Crippen LogP contribution < -0.4 is 5.73 Å². The summed E-state index contributed by atoms with van der Waals surface area (Å²) in [7, 11) is -5.65. The Hall–Kier alpha value is -1.76. The van der Waals surface area contributed by atoms with Crippen LogP contribution in [0.5, 0.6) is 0 Å². The van der Waals surface area contributed by atoms with Gasteiger partial charge in [0, 0.05) is 0 Å². The summed E-state index contributed by atoms with van der Waals surface area (Å²) in [5, 5.41) is 13.2. The summed E-state index contributed by atoms with van der Waals surface area (Å²) in [4.78, 5) is -1.34. The zero-order valence-corrected chi connectivity index (χ0v) is 7.65. The predicted octanol–water partition coefficient (Wildman–Crippen LogP) is 0.157. The minimum atomic E-state index is -5.65. The molecule has 0 saturated heterocycles. The second-order valence-corrected chi connectivity index (χ2v) is 4.25. The number of rotatable bonds is 1. The van der Waals surface area contributed by atoms with Crippen molar-refractivity contribution >= 4 is 15.7 Å². The van der Waals surface area contributed by atoms with Crippen LogP contribution in [-0.2, 0) is 9.84 Å². The number of nitrogen functional groups attached to an aromatic ring is 1. The van der Waals surface area contributed by atoms with E-state index in [1.165, 1.54) is 6.07 Å². The Labute approximate surface area is 81.4 Å². The average molecular weight is 240 g/mol. The molecule has 0 aromatic carbocycles. The van der Waals surface area contributed by atoms with E-state index in [0.717, 1.165) is 0 Å². The first-order valence-electron chi connectivity index (χ1n) is 3.27. The lowest BCUT2D eigenvalue weighted by Gasteiger charge is -2.06. The maximum Gasteiger partial charge on any atom is 0.502 e. The van der Waals surface area contributed by atoms with Gasteiger partial charge in [0.15, 0.2) is 16.4 Å². The summed E-state index contributed by atoms with van der Waals surface area (Å²) in [6.45, 7) is 0. The van der Waals surface area contributed by atoms with Crippen LogP contribution in [0.3, 0.4) is 0 Å². The highest BCUT2D eigenvalue weighted by Gasteiger charge is 2.50. The zero-order valence-electron chi connectivity index (χ0n) is 6.83. The minimum absolute atomic E-state index is 0.843. The van der Waals surface area contributed by atoms with E-state index in [1.54, 1.807) is 5.10 Å². The maximum atomic E-state index is 12.1. The number of H-pyrrole nitrogens is 1. The first-order valence-corrected chi connectivity index (χ1v) is 4.75. The van der Waals surface area contributed by atoms with E-state index in [9.17, 15) is 21.6 Å². The number of hydrogen-bond acceptors (Lipinski definition) is 5. The Morgan fingerprint density at radius 1 is 1.47 bits per heavy atom. The Bertz CT molecular complexity index is 523. The fourth-order valence-corrected chi connectivity index (χ4v) is 1.72. The van der Waals surface area contributed by atoms with Crippen LogP contribution in [0.25, 0.3) is 0 Å². The number of nitrogens with two attached hydrogens (primary N) is 1. The number of nitrogens with zero attached hydrogens (tertiary/aromatic N) is 2. The first-order chi connectivity index (χ1) is 6.71. The van der Waals surface area contributed by atoms with Gasteiger partial charge < -0.3 is 5.73 Å². The van der Waals surface area contributed by atoms with Gasteiger partial charge in [-0.1, -0.05) is 0 Å². The maximum absolute atomic E-state index is 12.1. The number of nitriles is 1. The largest absolute Gasteiger partial charge is 0.502 e. The SMILES string of the molecule is N#Cc1[nH]nc(N)c1S(=O)(=O)C(F)(F)F. The van der Waals surface area contributed by atoms with Crippen LogP contribution in [0.1, 0.15) is 5.69 Å². The van der Waals surface area contributed by atoms with Crippen molar-refractivity contribution in [1.82, 2.24) is 10.2 Å². The molecule has 1 rings (SSSR count). The van der Waals surface area contributed by atoms with Gasteiger partial charge >= 0.3 is 5.51 Å². The van der Waals surface area contributed by atoms with Gasteiger partial charge in [0.25, 0.3) is 9.84 Å². The summed E-state index contributed by atoms with van der Waals surface area (Å²) in [6, 6.07) is 1.22. The van der Waals surface area contributed by atoms with Gasteiger partial charge in [-0.05, 0) is 0 Å². The van der Waals surface area contributed by atoms with Crippen molar-refractivity contribution in [2.75, 3.05) is 5.73 Å². The summed E-state index contributed by atoms with van der Waals surface area (Å²) >= 11 is 0. The molecular formula is C5H3F3N4O2S. The Morgan fingerprint density at radius 2 is 2.00 bits per heavy atom. The van der Waals surface area contributed by atoms with Crippen molar-refractivity contribution in [3.8, 4) is 6.07 Å². The second kappa shape index (κ2) is 3.13. The van der Waals surface area contributed by atoms with E-state index in [1.807, 2.05) is 0 Å². The molecule has 0 saturated carbocycles. The number of nitrogens with one attached hydrogen (secondary N) is 1. The van der Waals surface area contributed by atoms with Gasteiger partial charge in [-0.15, -0.1) is 0 Å². The third kappa shape index (κ3) is 1.61. The Kier molecular flexibility index (Phi) is 2.36. The van der Waals surface area contributed by atoms with Crippen LogP contribution in [0.2, 0.25) is 0 Å². The number of alkyl halides is 3. The monoisotopic (exact) mass is 240 g/mol. The predicted molar refractivity (Wildman–Crippen MR) is 41.0 cm³/mol. The van der Waals surface area contributed by atoms with Crippen molar-refractivity contribution in [2.24, 2.45) is 0 Å². The molecule has 1 aromatic rings. The van der Waals surface area contributed by atoms with E-state index in [0.29, 0.717) is 0 Å². The van der Waals surface area contributed by atoms with Crippen molar-refractivity contribution < 1.29 is 21.6 Å². The van der Waals surface area contributed by atoms with Gasteiger partial charge in [0.05, 0.1) is 0 Å². The van der Waals surface area contributed by atoms with Crippen molar-refractivity contribution in [3.63, 3.8) is 0 Å². The molecular weight excluding hydrogens is 237 g/mol. The Balaban J connectivity index is 3.55. The van der Waals surface area contributed by atoms with Crippen LogP contribution in [0.15, 0.2) is 4.90 Å². The average Bonchev–Trinajstić information content (AvgIpc) is 2.44. The lowest BCUT2D eigenvalue weighted by atomic mass is 10.4. The molecule has 0 radical (unpaired) electrons. The molecule has 10 heteroatoms. The highest BCUT2D eigenvalue weighted by Crippen LogP contribution is 2.33. The molecule has 0 atom stereocenters. The molecule has 6 nitrogen and oxygen atoms in total. The number of sulfone groups is 1. The number of aromatic amines is 1. The highest BCUT2D eigenvalue weighted by atomic mass is 32.2. The highest BCUT2D eigenvalue weighted by molar-refractivity contribution is 7.92. The van der Waals surface area contributed by atoms with Gasteiger partial charge in [-0.3, -0.25) is 5.10 Å². The third-order valence-corrected chi connectivity index (χ3v) is 2.99. The molecule has 15 heavy (non-hydrogen) atoms. The number of aromatic nitrogens is 2. The molecule has 0 aliphatic carbocycles. The van der Waals surface area contributed by atoms with Crippen LogP contribution in [0, 0.1) is 11.3 Å². The van der Waals surface area contributed by atoms with E-state index in [4.69, 9.17) is 11.0 Å². The lowest BCUT2D eigenvalue weighted by molar-refractivity contribution is -0.0435. The van der Waals surface area contributed by atoms with Crippen LogP contribution in [0.4, 0.5) is 19.0 Å². The molecule has 82 valence electrons. The molecule has 0 spiro atoms. The molecule has 0 amide bonds. The number of anilines is 1. The normalized spacial score (nSPS) is 12.4. The van der Waals surface area contributed by atoms with Gasteiger partial charge in [-0.2, -0.15) is 23.5 Å². The minimum Gasteiger partial charge on any atom is -0.381 e. The van der Waals surface area contributed by atoms with Crippen molar-refractivity contribution in [3.05, 3.63) is 5.69 Å². The van der Waals surface area contributed by atoms with E-state index in [2.05, 4.69) is 5.10 Å². The zero-order chi connectivity index (χ0) is 11.9. The third-order valence-electron chi connectivity index (χ3n) is 1.43. The number of hydrogen-bond donors (Lipinski definition) is 2. The summed E-state index contributed by atoms with van der Waals surface area (Å²) in [5.74, 6) is -0.885. The van der Waals surface area contributed by atoms with E-state index >= 15 is 0 Å². The summed E-state index contributed by atoms with van der Waals surface area (Å²) in [5.41, 5.74) is -1.43. The fourth-order valence-electron chi connectivity index (χ4n) is 0.809. The topological polar surface area (TPSA) is 113 Å². The quantitative estimate of drug-likeness (QED) is 0.725. The molecule has 0 unspecified atom stereocenters. The molecule has 0 aliphatic rings. The van der Waals surface area contributed by atoms with Gasteiger partial charge in [0.1, 0.15) is 6.07 Å². The smallest absolute Gasteiger partial charge is 0.381 e. The molecule has 1 heterocycles. The molecule has 1 aromatic heterocycles. The van der Waals surface area contributed by atoms with Crippen LogP contribution in [-0.4, -0.2) is 24.1 Å². The summed E-state index contributed by atoms with van der Waals surface area (Å²) in [6.07, 6.45) is 0. The molecule has 0 fully saturated rings. The van der Waals surface area contributed by atoms with E-state index in [-0.39, 0.29) is 0 Å². The fraction of sp³-hybridized carbons (Fsp3) is 0.200. The number of halogens is 3. The second-order valence-electron chi connectivity index (χ2n) is 2.37. The molecule has 0 bridgehead atoms. The standard InChI is InChI=1S/C5H3F3N4O2S/c6-5(7,8)15(13,14)3-2(1-9)11-12-4(3)10/h(H3,10,11,12). The molecule has 0 aliphatic heterocycles. The first kappa shape index (κ1) is 11.3. The van der Waals surface area contributed by atoms with Gasteiger partial charge in [-0.25, -0.2) is 8.42 Å². The van der Waals surface area contributed by atoms with Crippen molar-refractivity contribution in [1.29, 1.82) is 5.26 Å². The van der Waals surface area contributed by atoms with Gasteiger partial charge in [0.2, 0.25) is 0 Å². The van der Waals surface area contributed by atoms with Crippen LogP contribution >= 0.6 is 0 Å². The van der Waals surface area contributed by atoms with Crippen molar-refractivity contribution in [2.45, 2.75) is 10.4 Å². The summed E-state index contributed by atoms with van der Waals surface area (Å²) < 4.78 is 58.1. The lowest BCUT2D eigenvalue weighted by Crippen LogP contribution is -2.24. The van der Waals surface area contributed by atoms with E-state index < -0.39 is 31.8 Å².